The number of aliphatic hydroxyl groups excluding tert-OH is 1. The number of hydrogen-bond donors (Lipinski definition) is 1. The average molecular weight is 271 g/mol. The maximum Gasteiger partial charge on any atom is 0.0896 e. The third-order valence-corrected chi connectivity index (χ3v) is 4.68. The molecule has 1 N–H and O–H groups in total. The fraction of sp³-hybridized carbons (Fsp3) is 1.00. The van der Waals surface area contributed by atoms with Gasteiger partial charge in [-0.05, 0) is 40.2 Å². The summed E-state index contributed by atoms with van der Waals surface area (Å²) in [6.07, 6.45) is 0.809. The Labute approximate surface area is 119 Å². The topological polar surface area (TPSA) is 32.7 Å². The van der Waals surface area contributed by atoms with Crippen molar-refractivity contribution >= 4 is 0 Å². The zero-order chi connectivity index (χ0) is 14.8. The van der Waals surface area contributed by atoms with Crippen LogP contribution in [0.3, 0.4) is 0 Å². The SMILES string of the molecule is CCC(C)CN(CC)CC1C(O)C(C)(C)OC1(C)C. The van der Waals surface area contributed by atoms with Crippen molar-refractivity contribution in [2.75, 3.05) is 19.6 Å². The predicted octanol–water partition coefficient (Wildman–Crippen LogP) is 2.92. The highest BCUT2D eigenvalue weighted by Gasteiger charge is 2.53. The molecule has 19 heavy (non-hydrogen) atoms. The molecular formula is C16H33NO2. The molecular weight excluding hydrogens is 238 g/mol. The molecule has 1 rings (SSSR count). The van der Waals surface area contributed by atoms with Crippen molar-refractivity contribution in [3.63, 3.8) is 0 Å². The van der Waals surface area contributed by atoms with Gasteiger partial charge in [0, 0.05) is 19.0 Å². The second-order valence-electron chi connectivity index (χ2n) is 7.23. The summed E-state index contributed by atoms with van der Waals surface area (Å²) in [7, 11) is 0. The lowest BCUT2D eigenvalue weighted by Crippen LogP contribution is -2.44. The van der Waals surface area contributed by atoms with Crippen LogP contribution in [0.15, 0.2) is 0 Å². The van der Waals surface area contributed by atoms with Crippen LogP contribution in [0.5, 0.6) is 0 Å². The molecule has 1 saturated heterocycles. The molecule has 1 heterocycles. The second-order valence-corrected chi connectivity index (χ2v) is 7.23. The molecule has 0 radical (unpaired) electrons. The Balaban J connectivity index is 2.73. The molecule has 0 spiro atoms. The summed E-state index contributed by atoms with van der Waals surface area (Å²) < 4.78 is 6.06. The molecule has 0 aromatic heterocycles. The zero-order valence-electron chi connectivity index (χ0n) is 13.9. The molecule has 3 unspecified atom stereocenters. The van der Waals surface area contributed by atoms with Crippen molar-refractivity contribution in [3.8, 4) is 0 Å². The van der Waals surface area contributed by atoms with Crippen LogP contribution in [-0.4, -0.2) is 46.9 Å². The molecule has 3 atom stereocenters. The number of nitrogens with zero attached hydrogens (tertiary/aromatic N) is 1. The second kappa shape index (κ2) is 6.11. The monoisotopic (exact) mass is 271 g/mol. The van der Waals surface area contributed by atoms with Crippen molar-refractivity contribution in [1.82, 2.24) is 4.90 Å². The number of aliphatic hydroxyl groups is 1. The summed E-state index contributed by atoms with van der Waals surface area (Å²) in [6, 6.07) is 0. The largest absolute Gasteiger partial charge is 0.390 e. The summed E-state index contributed by atoms with van der Waals surface area (Å²) in [5.74, 6) is 0.877. The fourth-order valence-corrected chi connectivity index (χ4v) is 3.18. The first-order valence-corrected chi connectivity index (χ1v) is 7.74. The van der Waals surface area contributed by atoms with Crippen LogP contribution in [-0.2, 0) is 4.74 Å². The van der Waals surface area contributed by atoms with E-state index in [0.29, 0.717) is 5.92 Å². The minimum atomic E-state index is -0.441. The Kier molecular flexibility index (Phi) is 5.44. The highest BCUT2D eigenvalue weighted by Crippen LogP contribution is 2.42. The van der Waals surface area contributed by atoms with Gasteiger partial charge >= 0.3 is 0 Å². The van der Waals surface area contributed by atoms with E-state index in [9.17, 15) is 5.11 Å². The Hall–Kier alpha value is -0.120. The lowest BCUT2D eigenvalue weighted by molar-refractivity contribution is -0.0913. The van der Waals surface area contributed by atoms with Gasteiger partial charge in [-0.15, -0.1) is 0 Å². The summed E-state index contributed by atoms with van der Waals surface area (Å²) in [5.41, 5.74) is -0.699. The molecule has 3 nitrogen and oxygen atoms in total. The first-order chi connectivity index (χ1) is 8.64. The van der Waals surface area contributed by atoms with Gasteiger partial charge in [0.1, 0.15) is 0 Å². The third kappa shape index (κ3) is 3.93. The van der Waals surface area contributed by atoms with E-state index in [2.05, 4.69) is 39.5 Å². The summed E-state index contributed by atoms with van der Waals surface area (Å²) in [6.45, 7) is 18.0. The molecule has 0 saturated carbocycles. The van der Waals surface area contributed by atoms with Gasteiger partial charge in [0.25, 0.3) is 0 Å². The Morgan fingerprint density at radius 1 is 1.16 bits per heavy atom. The molecule has 0 aromatic rings. The van der Waals surface area contributed by atoms with Crippen molar-refractivity contribution in [2.45, 2.75) is 72.2 Å². The Morgan fingerprint density at radius 3 is 2.11 bits per heavy atom. The van der Waals surface area contributed by atoms with E-state index in [1.54, 1.807) is 0 Å². The lowest BCUT2D eigenvalue weighted by Gasteiger charge is -2.33. The van der Waals surface area contributed by atoms with Gasteiger partial charge in [-0.1, -0.05) is 27.2 Å². The first-order valence-electron chi connectivity index (χ1n) is 7.74. The van der Waals surface area contributed by atoms with Gasteiger partial charge in [-0.25, -0.2) is 0 Å². The van der Waals surface area contributed by atoms with Gasteiger partial charge in [0.2, 0.25) is 0 Å². The van der Waals surface area contributed by atoms with Gasteiger partial charge in [0.05, 0.1) is 17.3 Å². The molecule has 3 heteroatoms. The minimum Gasteiger partial charge on any atom is -0.390 e. The zero-order valence-corrected chi connectivity index (χ0v) is 13.9. The highest BCUT2D eigenvalue weighted by molar-refractivity contribution is 5.02. The minimum absolute atomic E-state index is 0.173. The molecule has 1 fully saturated rings. The summed E-state index contributed by atoms with van der Waals surface area (Å²) in [4.78, 5) is 2.45. The molecule has 0 amide bonds. The van der Waals surface area contributed by atoms with Crippen LogP contribution >= 0.6 is 0 Å². The van der Waals surface area contributed by atoms with E-state index in [4.69, 9.17) is 4.74 Å². The Morgan fingerprint density at radius 2 is 1.74 bits per heavy atom. The van der Waals surface area contributed by atoms with Gasteiger partial charge < -0.3 is 14.7 Å². The Bertz CT molecular complexity index is 288. The van der Waals surface area contributed by atoms with Crippen LogP contribution in [0.1, 0.15) is 54.9 Å². The molecule has 0 bridgehead atoms. The molecule has 114 valence electrons. The van der Waals surface area contributed by atoms with Crippen molar-refractivity contribution in [1.29, 1.82) is 0 Å². The maximum absolute atomic E-state index is 10.5. The summed E-state index contributed by atoms with van der Waals surface area (Å²) >= 11 is 0. The van der Waals surface area contributed by atoms with Gasteiger partial charge in [0.15, 0.2) is 0 Å². The normalized spacial score (nSPS) is 30.8. The first kappa shape index (κ1) is 16.9. The van der Waals surface area contributed by atoms with Crippen LogP contribution in [0.25, 0.3) is 0 Å². The van der Waals surface area contributed by atoms with E-state index in [1.165, 1.54) is 6.42 Å². The van der Waals surface area contributed by atoms with E-state index >= 15 is 0 Å². The smallest absolute Gasteiger partial charge is 0.0896 e. The number of ether oxygens (including phenoxy) is 1. The van der Waals surface area contributed by atoms with E-state index < -0.39 is 11.7 Å². The quantitative estimate of drug-likeness (QED) is 0.806. The van der Waals surface area contributed by atoms with Crippen LogP contribution in [0, 0.1) is 11.8 Å². The van der Waals surface area contributed by atoms with Crippen molar-refractivity contribution in [3.05, 3.63) is 0 Å². The highest BCUT2D eigenvalue weighted by atomic mass is 16.5. The average Bonchev–Trinajstić information content (AvgIpc) is 2.45. The number of hydrogen-bond acceptors (Lipinski definition) is 3. The fourth-order valence-electron chi connectivity index (χ4n) is 3.18. The van der Waals surface area contributed by atoms with Crippen LogP contribution < -0.4 is 0 Å². The van der Waals surface area contributed by atoms with Crippen LogP contribution in [0.2, 0.25) is 0 Å². The van der Waals surface area contributed by atoms with Crippen LogP contribution in [0.4, 0.5) is 0 Å². The summed E-state index contributed by atoms with van der Waals surface area (Å²) in [5, 5.41) is 10.5. The molecule has 1 aliphatic heterocycles. The van der Waals surface area contributed by atoms with Gasteiger partial charge in [-0.3, -0.25) is 0 Å². The van der Waals surface area contributed by atoms with E-state index in [0.717, 1.165) is 19.6 Å². The third-order valence-electron chi connectivity index (χ3n) is 4.68. The lowest BCUT2D eigenvalue weighted by atomic mass is 9.84. The molecule has 0 aliphatic carbocycles. The molecule has 0 aromatic carbocycles. The van der Waals surface area contributed by atoms with E-state index in [1.807, 2.05) is 13.8 Å². The predicted molar refractivity (Wildman–Crippen MR) is 80.3 cm³/mol. The number of rotatable bonds is 6. The molecule has 1 aliphatic rings. The maximum atomic E-state index is 10.5. The van der Waals surface area contributed by atoms with Crippen molar-refractivity contribution < 1.29 is 9.84 Å². The van der Waals surface area contributed by atoms with E-state index in [-0.39, 0.29) is 11.5 Å². The van der Waals surface area contributed by atoms with Gasteiger partial charge in [-0.2, -0.15) is 0 Å². The van der Waals surface area contributed by atoms with Crippen molar-refractivity contribution in [2.24, 2.45) is 11.8 Å². The standard InChI is InChI=1S/C16H33NO2/c1-8-12(3)10-17(9-2)11-13-14(18)16(6,7)19-15(13,4)5/h12-14,18H,8-11H2,1-7H3.